The number of carbonyl (C=O) groups excluding carboxylic acids is 2. The Hall–Kier alpha value is -2.71. The van der Waals surface area contributed by atoms with E-state index in [0.29, 0.717) is 37.9 Å². The van der Waals surface area contributed by atoms with Crippen molar-refractivity contribution in [2.24, 2.45) is 4.99 Å². The molecule has 0 unspecified atom stereocenters. The number of furan rings is 1. The number of amides is 2. The summed E-state index contributed by atoms with van der Waals surface area (Å²) in [5.41, 5.74) is -0.505. The molecule has 2 heterocycles. The van der Waals surface area contributed by atoms with Crippen molar-refractivity contribution in [3.63, 3.8) is 0 Å². The number of aliphatic imine (C=N–C) groups is 1. The monoisotopic (exact) mass is 379 g/mol. The van der Waals surface area contributed by atoms with Gasteiger partial charge in [0.25, 0.3) is 0 Å². The van der Waals surface area contributed by atoms with Gasteiger partial charge in [-0.3, -0.25) is 4.79 Å². The SMILES string of the molecule is CCNC(=NCC(=O)NCc1ccco1)NC1CN(C(=O)OC(C)(C)C)C1. The molecule has 0 radical (unpaired) electrons. The van der Waals surface area contributed by atoms with E-state index in [1.165, 1.54) is 0 Å². The zero-order valence-corrected chi connectivity index (χ0v) is 16.4. The first kappa shape index (κ1) is 20.6. The topological polar surface area (TPSA) is 108 Å². The van der Waals surface area contributed by atoms with E-state index in [0.717, 1.165) is 0 Å². The fourth-order valence-electron chi connectivity index (χ4n) is 2.36. The molecule has 3 N–H and O–H groups in total. The molecule has 9 heteroatoms. The summed E-state index contributed by atoms with van der Waals surface area (Å²) < 4.78 is 10.5. The normalized spacial score (nSPS) is 15.1. The van der Waals surface area contributed by atoms with Crippen molar-refractivity contribution in [1.82, 2.24) is 20.9 Å². The van der Waals surface area contributed by atoms with Crippen LogP contribution in [-0.2, 0) is 16.1 Å². The van der Waals surface area contributed by atoms with Gasteiger partial charge in [0, 0.05) is 19.6 Å². The largest absolute Gasteiger partial charge is 0.467 e. The Morgan fingerprint density at radius 2 is 2.07 bits per heavy atom. The van der Waals surface area contributed by atoms with E-state index in [9.17, 15) is 9.59 Å². The van der Waals surface area contributed by atoms with Crippen LogP contribution in [0.1, 0.15) is 33.5 Å². The molecular formula is C18H29N5O4. The predicted octanol–water partition coefficient (Wildman–Crippen LogP) is 1.07. The lowest BCUT2D eigenvalue weighted by Crippen LogP contribution is -2.63. The molecule has 2 rings (SSSR count). The Morgan fingerprint density at radius 3 is 2.67 bits per heavy atom. The first-order chi connectivity index (χ1) is 12.8. The lowest BCUT2D eigenvalue weighted by atomic mass is 10.1. The number of guanidine groups is 1. The molecule has 0 saturated carbocycles. The van der Waals surface area contributed by atoms with E-state index in [1.54, 1.807) is 23.3 Å². The maximum Gasteiger partial charge on any atom is 0.410 e. The van der Waals surface area contributed by atoms with Gasteiger partial charge in [-0.05, 0) is 39.8 Å². The van der Waals surface area contributed by atoms with Crippen LogP contribution in [0.15, 0.2) is 27.8 Å². The number of likely N-dealkylation sites (tertiary alicyclic amines) is 1. The Bertz CT molecular complexity index is 645. The number of hydrogen-bond acceptors (Lipinski definition) is 5. The average Bonchev–Trinajstić information content (AvgIpc) is 3.05. The second-order valence-corrected chi connectivity index (χ2v) is 7.28. The first-order valence-corrected chi connectivity index (χ1v) is 9.08. The smallest absolute Gasteiger partial charge is 0.410 e. The van der Waals surface area contributed by atoms with Gasteiger partial charge in [-0.25, -0.2) is 9.79 Å². The molecule has 0 bridgehead atoms. The number of carbonyl (C=O) groups is 2. The van der Waals surface area contributed by atoms with Crippen LogP contribution in [0.2, 0.25) is 0 Å². The van der Waals surface area contributed by atoms with Crippen molar-refractivity contribution >= 4 is 18.0 Å². The maximum atomic E-state index is 12.0. The summed E-state index contributed by atoms with van der Waals surface area (Å²) in [4.78, 5) is 29.8. The van der Waals surface area contributed by atoms with Crippen molar-refractivity contribution in [3.8, 4) is 0 Å². The minimum atomic E-state index is -0.505. The van der Waals surface area contributed by atoms with Crippen molar-refractivity contribution in [2.75, 3.05) is 26.2 Å². The summed E-state index contributed by atoms with van der Waals surface area (Å²) in [6.45, 7) is 9.53. The van der Waals surface area contributed by atoms with Crippen LogP contribution in [0.4, 0.5) is 4.79 Å². The number of nitrogens with zero attached hydrogens (tertiary/aromatic N) is 2. The van der Waals surface area contributed by atoms with Gasteiger partial charge in [-0.15, -0.1) is 0 Å². The quantitative estimate of drug-likeness (QED) is 0.504. The number of rotatable bonds is 6. The molecular weight excluding hydrogens is 350 g/mol. The van der Waals surface area contributed by atoms with E-state index >= 15 is 0 Å². The number of hydrogen-bond donors (Lipinski definition) is 3. The van der Waals surface area contributed by atoms with Gasteiger partial charge in [0.15, 0.2) is 5.96 Å². The standard InChI is InChI=1S/C18H29N5O4/c1-5-19-16(21-10-15(24)20-9-14-7-6-8-26-14)22-13-11-23(12-13)17(25)27-18(2,3)4/h6-8,13H,5,9-12H2,1-4H3,(H,20,24)(H2,19,21,22). The van der Waals surface area contributed by atoms with Crippen LogP contribution in [0.3, 0.4) is 0 Å². The van der Waals surface area contributed by atoms with Crippen molar-refractivity contribution in [1.29, 1.82) is 0 Å². The third kappa shape index (κ3) is 7.20. The van der Waals surface area contributed by atoms with E-state index in [-0.39, 0.29) is 24.6 Å². The minimum absolute atomic E-state index is 0.00145. The van der Waals surface area contributed by atoms with Crippen molar-refractivity contribution < 1.29 is 18.7 Å². The first-order valence-electron chi connectivity index (χ1n) is 9.08. The third-order valence-corrected chi connectivity index (χ3v) is 3.64. The minimum Gasteiger partial charge on any atom is -0.467 e. The van der Waals surface area contributed by atoms with Crippen LogP contribution in [0.25, 0.3) is 0 Å². The Balaban J connectivity index is 1.74. The third-order valence-electron chi connectivity index (χ3n) is 3.64. The molecule has 1 aliphatic heterocycles. The van der Waals surface area contributed by atoms with Crippen molar-refractivity contribution in [2.45, 2.75) is 45.9 Å². The van der Waals surface area contributed by atoms with E-state index in [1.807, 2.05) is 27.7 Å². The fraction of sp³-hybridized carbons (Fsp3) is 0.611. The summed E-state index contributed by atoms with van der Waals surface area (Å²) in [6.07, 6.45) is 1.24. The van der Waals surface area contributed by atoms with Crippen LogP contribution in [0.5, 0.6) is 0 Å². The lowest BCUT2D eigenvalue weighted by Gasteiger charge is -2.40. The lowest BCUT2D eigenvalue weighted by molar-refractivity contribution is -0.119. The average molecular weight is 379 g/mol. The molecule has 1 aliphatic rings. The van der Waals surface area contributed by atoms with Crippen molar-refractivity contribution in [3.05, 3.63) is 24.2 Å². The summed E-state index contributed by atoms with van der Waals surface area (Å²) >= 11 is 0. The van der Waals surface area contributed by atoms with Gasteiger partial charge in [-0.2, -0.15) is 0 Å². The molecule has 2 amide bonds. The van der Waals surface area contributed by atoms with Gasteiger partial charge in [0.05, 0.1) is 18.8 Å². The summed E-state index contributed by atoms with van der Waals surface area (Å²) in [7, 11) is 0. The molecule has 27 heavy (non-hydrogen) atoms. The molecule has 150 valence electrons. The fourth-order valence-corrected chi connectivity index (χ4v) is 2.36. The highest BCUT2D eigenvalue weighted by Gasteiger charge is 2.34. The molecule has 1 aromatic heterocycles. The highest BCUT2D eigenvalue weighted by molar-refractivity contribution is 5.85. The van der Waals surface area contributed by atoms with Crippen LogP contribution >= 0.6 is 0 Å². The van der Waals surface area contributed by atoms with E-state index in [4.69, 9.17) is 9.15 Å². The van der Waals surface area contributed by atoms with E-state index < -0.39 is 5.60 Å². The molecule has 1 saturated heterocycles. The summed E-state index contributed by atoms with van der Waals surface area (Å²) in [5, 5.41) is 9.06. The molecule has 9 nitrogen and oxygen atoms in total. The van der Waals surface area contributed by atoms with Gasteiger partial charge >= 0.3 is 6.09 Å². The maximum absolute atomic E-state index is 12.0. The zero-order chi connectivity index (χ0) is 19.9. The van der Waals surface area contributed by atoms with Gasteiger partial charge in [0.2, 0.25) is 5.91 Å². The highest BCUT2D eigenvalue weighted by Crippen LogP contribution is 2.15. The van der Waals surface area contributed by atoms with Crippen LogP contribution < -0.4 is 16.0 Å². The zero-order valence-electron chi connectivity index (χ0n) is 16.4. The second-order valence-electron chi connectivity index (χ2n) is 7.28. The molecule has 0 spiro atoms. The summed E-state index contributed by atoms with van der Waals surface area (Å²) in [6, 6.07) is 3.63. The molecule has 0 aromatic carbocycles. The van der Waals surface area contributed by atoms with Gasteiger partial charge in [-0.1, -0.05) is 0 Å². The Kier molecular flexibility index (Phi) is 7.09. The Labute approximate surface area is 159 Å². The molecule has 0 aliphatic carbocycles. The van der Waals surface area contributed by atoms with Crippen LogP contribution in [0, 0.1) is 0 Å². The second kappa shape index (κ2) is 9.29. The molecule has 0 atom stereocenters. The molecule has 1 aromatic rings. The summed E-state index contributed by atoms with van der Waals surface area (Å²) in [5.74, 6) is 1.03. The highest BCUT2D eigenvalue weighted by atomic mass is 16.6. The number of ether oxygens (including phenoxy) is 1. The van der Waals surface area contributed by atoms with Gasteiger partial charge < -0.3 is 30.0 Å². The van der Waals surface area contributed by atoms with Crippen LogP contribution in [-0.4, -0.2) is 60.7 Å². The molecule has 1 fully saturated rings. The number of nitrogens with one attached hydrogen (secondary N) is 3. The predicted molar refractivity (Wildman–Crippen MR) is 101 cm³/mol. The van der Waals surface area contributed by atoms with Gasteiger partial charge in [0.1, 0.15) is 17.9 Å². The Morgan fingerprint density at radius 1 is 1.33 bits per heavy atom. The van der Waals surface area contributed by atoms with E-state index in [2.05, 4.69) is 20.9 Å².